The Balaban J connectivity index is 1.96. The molecule has 0 unspecified atom stereocenters. The van der Waals surface area contributed by atoms with Gasteiger partial charge in [0.05, 0.1) is 12.2 Å². The minimum absolute atomic E-state index is 0.640. The molecule has 3 rings (SSSR count). The zero-order valence-electron chi connectivity index (χ0n) is 11.3. The van der Waals surface area contributed by atoms with Crippen molar-refractivity contribution in [2.75, 3.05) is 11.1 Å². The second-order valence-electron chi connectivity index (χ2n) is 4.73. The Morgan fingerprint density at radius 2 is 2.00 bits per heavy atom. The number of fused-ring (bicyclic) bond motifs is 1. The van der Waals surface area contributed by atoms with Gasteiger partial charge in [-0.2, -0.15) is 0 Å². The second-order valence-corrected chi connectivity index (χ2v) is 4.73. The highest BCUT2D eigenvalue weighted by Gasteiger charge is 2.07. The van der Waals surface area contributed by atoms with Crippen molar-refractivity contribution in [2.24, 2.45) is 0 Å². The maximum Gasteiger partial charge on any atom is 0.134 e. The molecule has 0 aliphatic carbocycles. The predicted octanol–water partition coefficient (Wildman–Crippen LogP) is 3.13. The van der Waals surface area contributed by atoms with Gasteiger partial charge in [0.1, 0.15) is 5.82 Å². The molecule has 3 N–H and O–H groups in total. The number of pyridine rings is 2. The number of aryl methyl sites for hydroxylation is 1. The largest absolute Gasteiger partial charge is 0.398 e. The third kappa shape index (κ3) is 2.28. The lowest BCUT2D eigenvalue weighted by molar-refractivity contribution is 1.03. The zero-order chi connectivity index (χ0) is 13.9. The first kappa shape index (κ1) is 12.4. The Labute approximate surface area is 117 Å². The van der Waals surface area contributed by atoms with Gasteiger partial charge < -0.3 is 11.1 Å². The van der Waals surface area contributed by atoms with Crippen LogP contribution >= 0.6 is 0 Å². The topological polar surface area (TPSA) is 63.8 Å². The molecule has 4 heteroatoms. The second kappa shape index (κ2) is 5.17. The van der Waals surface area contributed by atoms with E-state index >= 15 is 0 Å². The van der Waals surface area contributed by atoms with Crippen molar-refractivity contribution in [1.82, 2.24) is 9.97 Å². The van der Waals surface area contributed by atoms with E-state index in [-0.39, 0.29) is 0 Å². The maximum absolute atomic E-state index is 6.07. The summed E-state index contributed by atoms with van der Waals surface area (Å²) in [7, 11) is 0. The van der Waals surface area contributed by atoms with Crippen molar-refractivity contribution >= 4 is 22.3 Å². The fraction of sp³-hybridized carbons (Fsp3) is 0.125. The third-order valence-electron chi connectivity index (χ3n) is 3.30. The standard InChI is InChI=1S/C16H16N4/c1-11-9-19-16(13-6-4-7-14(17)15(11)13)20-10-12-5-2-3-8-18-12/h2-9H,10,17H2,1H3,(H,19,20). The number of rotatable bonds is 3. The van der Waals surface area contributed by atoms with Gasteiger partial charge in [0.25, 0.3) is 0 Å². The van der Waals surface area contributed by atoms with Crippen LogP contribution in [0.5, 0.6) is 0 Å². The molecule has 4 nitrogen and oxygen atoms in total. The first-order valence-electron chi connectivity index (χ1n) is 6.53. The van der Waals surface area contributed by atoms with Crippen LogP contribution in [0.1, 0.15) is 11.3 Å². The summed E-state index contributed by atoms with van der Waals surface area (Å²) < 4.78 is 0. The van der Waals surface area contributed by atoms with Crippen LogP contribution in [0.3, 0.4) is 0 Å². The zero-order valence-corrected chi connectivity index (χ0v) is 11.3. The summed E-state index contributed by atoms with van der Waals surface area (Å²) in [5.41, 5.74) is 8.91. The molecule has 0 aliphatic heterocycles. The van der Waals surface area contributed by atoms with E-state index in [9.17, 15) is 0 Å². The predicted molar refractivity (Wildman–Crippen MR) is 82.5 cm³/mol. The normalized spacial score (nSPS) is 10.7. The van der Waals surface area contributed by atoms with Gasteiger partial charge in [-0.3, -0.25) is 4.98 Å². The monoisotopic (exact) mass is 264 g/mol. The maximum atomic E-state index is 6.07. The van der Waals surface area contributed by atoms with Gasteiger partial charge in [0.2, 0.25) is 0 Å². The highest BCUT2D eigenvalue weighted by molar-refractivity contribution is 6.01. The average molecular weight is 264 g/mol. The van der Waals surface area contributed by atoms with Crippen LogP contribution in [-0.4, -0.2) is 9.97 Å². The van der Waals surface area contributed by atoms with Gasteiger partial charge in [0, 0.05) is 28.9 Å². The molecule has 0 fully saturated rings. The summed E-state index contributed by atoms with van der Waals surface area (Å²) >= 11 is 0. The summed E-state index contributed by atoms with van der Waals surface area (Å²) in [5, 5.41) is 5.43. The van der Waals surface area contributed by atoms with Crippen LogP contribution in [0, 0.1) is 6.92 Å². The average Bonchev–Trinajstić information content (AvgIpc) is 2.48. The van der Waals surface area contributed by atoms with Crippen molar-refractivity contribution in [3.05, 3.63) is 60.0 Å². The molecule has 0 saturated heterocycles. The molecule has 20 heavy (non-hydrogen) atoms. The summed E-state index contributed by atoms with van der Waals surface area (Å²) in [6.07, 6.45) is 3.63. The number of anilines is 2. The van der Waals surface area contributed by atoms with Crippen molar-refractivity contribution in [3.8, 4) is 0 Å². The molecule has 0 spiro atoms. The lowest BCUT2D eigenvalue weighted by atomic mass is 10.1. The van der Waals surface area contributed by atoms with Crippen LogP contribution in [-0.2, 0) is 6.54 Å². The van der Waals surface area contributed by atoms with Gasteiger partial charge in [-0.15, -0.1) is 0 Å². The van der Waals surface area contributed by atoms with E-state index in [0.29, 0.717) is 6.54 Å². The van der Waals surface area contributed by atoms with E-state index in [2.05, 4.69) is 15.3 Å². The van der Waals surface area contributed by atoms with Crippen LogP contribution in [0.15, 0.2) is 48.8 Å². The van der Waals surface area contributed by atoms with Gasteiger partial charge in [-0.1, -0.05) is 18.2 Å². The van der Waals surface area contributed by atoms with Crippen LogP contribution < -0.4 is 11.1 Å². The van der Waals surface area contributed by atoms with E-state index < -0.39 is 0 Å². The Bertz CT molecular complexity index is 730. The van der Waals surface area contributed by atoms with Gasteiger partial charge >= 0.3 is 0 Å². The number of nitrogens with zero attached hydrogens (tertiary/aromatic N) is 2. The molecule has 2 heterocycles. The fourth-order valence-corrected chi connectivity index (χ4v) is 2.32. The minimum Gasteiger partial charge on any atom is -0.398 e. The summed E-state index contributed by atoms with van der Waals surface area (Å²) in [4.78, 5) is 8.76. The SMILES string of the molecule is Cc1cnc(NCc2ccccn2)c2cccc(N)c12. The van der Waals surface area contributed by atoms with E-state index in [1.54, 1.807) is 6.20 Å². The molecular formula is C16H16N4. The van der Waals surface area contributed by atoms with E-state index in [1.807, 2.05) is 49.5 Å². The molecule has 0 amide bonds. The summed E-state index contributed by atoms with van der Waals surface area (Å²) in [6, 6.07) is 11.8. The number of hydrogen-bond donors (Lipinski definition) is 2. The molecule has 0 radical (unpaired) electrons. The lowest BCUT2D eigenvalue weighted by Gasteiger charge is -2.11. The Morgan fingerprint density at radius 1 is 1.10 bits per heavy atom. The number of benzene rings is 1. The van der Waals surface area contributed by atoms with Crippen molar-refractivity contribution in [1.29, 1.82) is 0 Å². The Kier molecular flexibility index (Phi) is 3.21. The number of nitrogen functional groups attached to an aromatic ring is 1. The smallest absolute Gasteiger partial charge is 0.134 e. The molecule has 2 aromatic heterocycles. The number of hydrogen-bond acceptors (Lipinski definition) is 4. The highest BCUT2D eigenvalue weighted by atomic mass is 15.0. The first-order valence-corrected chi connectivity index (χ1v) is 6.53. The molecule has 0 atom stereocenters. The van der Waals surface area contributed by atoms with Gasteiger partial charge in [-0.05, 0) is 30.7 Å². The number of aromatic nitrogens is 2. The highest BCUT2D eigenvalue weighted by Crippen LogP contribution is 2.28. The Hall–Kier alpha value is -2.62. The van der Waals surface area contributed by atoms with Crippen molar-refractivity contribution in [2.45, 2.75) is 13.5 Å². The lowest BCUT2D eigenvalue weighted by Crippen LogP contribution is -2.04. The van der Waals surface area contributed by atoms with E-state index in [1.165, 1.54) is 0 Å². The van der Waals surface area contributed by atoms with Crippen LogP contribution in [0.2, 0.25) is 0 Å². The van der Waals surface area contributed by atoms with E-state index in [0.717, 1.165) is 33.5 Å². The molecule has 0 aliphatic rings. The minimum atomic E-state index is 0.640. The van der Waals surface area contributed by atoms with E-state index in [4.69, 9.17) is 5.73 Å². The Morgan fingerprint density at radius 3 is 2.80 bits per heavy atom. The molecule has 100 valence electrons. The number of nitrogens with two attached hydrogens (primary N) is 1. The number of nitrogens with one attached hydrogen (secondary N) is 1. The summed E-state index contributed by atoms with van der Waals surface area (Å²) in [5.74, 6) is 0.837. The van der Waals surface area contributed by atoms with Crippen molar-refractivity contribution < 1.29 is 0 Å². The van der Waals surface area contributed by atoms with Crippen LogP contribution in [0.25, 0.3) is 10.8 Å². The molecular weight excluding hydrogens is 248 g/mol. The molecule has 3 aromatic rings. The fourth-order valence-electron chi connectivity index (χ4n) is 2.32. The van der Waals surface area contributed by atoms with Crippen LogP contribution in [0.4, 0.5) is 11.5 Å². The molecule has 0 bridgehead atoms. The molecule has 0 saturated carbocycles. The summed E-state index contributed by atoms with van der Waals surface area (Å²) in [6.45, 7) is 2.66. The first-order chi connectivity index (χ1) is 9.75. The molecule has 1 aromatic carbocycles. The van der Waals surface area contributed by atoms with Crippen molar-refractivity contribution in [3.63, 3.8) is 0 Å². The quantitative estimate of drug-likeness (QED) is 0.713. The van der Waals surface area contributed by atoms with Gasteiger partial charge in [-0.25, -0.2) is 4.98 Å². The van der Waals surface area contributed by atoms with Gasteiger partial charge in [0.15, 0.2) is 0 Å². The third-order valence-corrected chi connectivity index (χ3v) is 3.30.